The number of nitrogens with zero attached hydrogens (tertiary/aromatic N) is 3. The predicted molar refractivity (Wildman–Crippen MR) is 115 cm³/mol. The molecule has 28 heavy (non-hydrogen) atoms. The van der Waals surface area contributed by atoms with Crippen LogP contribution < -0.4 is 5.32 Å². The fourth-order valence-corrected chi connectivity index (χ4v) is 3.55. The second-order valence-electron chi connectivity index (χ2n) is 7.35. The summed E-state index contributed by atoms with van der Waals surface area (Å²) in [5.41, 5.74) is 4.30. The van der Waals surface area contributed by atoms with Gasteiger partial charge in [-0.3, -0.25) is 9.36 Å². The summed E-state index contributed by atoms with van der Waals surface area (Å²) in [7, 11) is 0. The van der Waals surface area contributed by atoms with Crippen molar-refractivity contribution in [1.29, 1.82) is 0 Å². The summed E-state index contributed by atoms with van der Waals surface area (Å²) in [5, 5.41) is 11.8. The van der Waals surface area contributed by atoms with Crippen LogP contribution in [0.15, 0.2) is 60.0 Å². The first kappa shape index (κ1) is 20.1. The highest BCUT2D eigenvalue weighted by Gasteiger charge is 2.11. The molecule has 0 fully saturated rings. The van der Waals surface area contributed by atoms with Crippen LogP contribution in [0, 0.1) is 0 Å². The van der Waals surface area contributed by atoms with Gasteiger partial charge in [0.1, 0.15) is 6.33 Å². The van der Waals surface area contributed by atoms with Gasteiger partial charge in [-0.15, -0.1) is 10.2 Å². The van der Waals surface area contributed by atoms with Gasteiger partial charge in [-0.05, 0) is 47.2 Å². The number of hydrogen-bond donors (Lipinski definition) is 1. The van der Waals surface area contributed by atoms with Crippen LogP contribution in [0.3, 0.4) is 0 Å². The molecule has 1 N–H and O–H groups in total. The highest BCUT2D eigenvalue weighted by molar-refractivity contribution is 7.99. The molecule has 146 valence electrons. The van der Waals surface area contributed by atoms with Crippen molar-refractivity contribution >= 4 is 23.4 Å². The predicted octanol–water partition coefficient (Wildman–Crippen LogP) is 5.24. The van der Waals surface area contributed by atoms with E-state index in [0.29, 0.717) is 17.0 Å². The topological polar surface area (TPSA) is 59.8 Å². The van der Waals surface area contributed by atoms with Crippen molar-refractivity contribution in [1.82, 2.24) is 14.8 Å². The molecule has 0 aliphatic heterocycles. The van der Waals surface area contributed by atoms with Gasteiger partial charge >= 0.3 is 0 Å². The maximum absolute atomic E-state index is 12.4. The molecule has 5 nitrogen and oxygen atoms in total. The van der Waals surface area contributed by atoms with Crippen LogP contribution in [0.25, 0.3) is 5.69 Å². The lowest BCUT2D eigenvalue weighted by molar-refractivity contribution is -0.113. The van der Waals surface area contributed by atoms with Crippen LogP contribution >= 0.6 is 11.8 Å². The van der Waals surface area contributed by atoms with Crippen LogP contribution in [0.5, 0.6) is 0 Å². The standard InChI is InChI=1S/C22H26N4OS/c1-15(2)17-8-10-20(11-9-17)26-14-23-25-22(26)28-13-21(27)24-19-7-5-6-18(12-19)16(3)4/h5-12,14-16H,13H2,1-4H3,(H,24,27). The Morgan fingerprint density at radius 1 is 1.04 bits per heavy atom. The number of anilines is 1. The minimum absolute atomic E-state index is 0.0596. The van der Waals surface area contributed by atoms with E-state index in [1.807, 2.05) is 22.8 Å². The molecule has 2 aromatic carbocycles. The number of hydrogen-bond acceptors (Lipinski definition) is 4. The van der Waals surface area contributed by atoms with Gasteiger partial charge in [0.05, 0.1) is 5.75 Å². The Hall–Kier alpha value is -2.60. The van der Waals surface area contributed by atoms with E-state index in [1.54, 1.807) is 6.33 Å². The van der Waals surface area contributed by atoms with Crippen molar-refractivity contribution in [2.24, 2.45) is 0 Å². The monoisotopic (exact) mass is 394 g/mol. The lowest BCUT2D eigenvalue weighted by Crippen LogP contribution is -2.14. The van der Waals surface area contributed by atoms with E-state index in [1.165, 1.54) is 22.9 Å². The molecule has 1 heterocycles. The number of benzene rings is 2. The Balaban J connectivity index is 1.63. The van der Waals surface area contributed by atoms with Crippen molar-refractivity contribution in [2.75, 3.05) is 11.1 Å². The first-order valence-corrected chi connectivity index (χ1v) is 10.5. The zero-order valence-corrected chi connectivity index (χ0v) is 17.5. The average molecular weight is 395 g/mol. The van der Waals surface area contributed by atoms with E-state index in [2.05, 4.69) is 73.5 Å². The molecule has 0 spiro atoms. The molecule has 1 amide bonds. The third-order valence-corrected chi connectivity index (χ3v) is 5.47. The van der Waals surface area contributed by atoms with Crippen LogP contribution in [0.1, 0.15) is 50.7 Å². The van der Waals surface area contributed by atoms with E-state index < -0.39 is 0 Å². The van der Waals surface area contributed by atoms with Gasteiger partial charge < -0.3 is 5.32 Å². The minimum Gasteiger partial charge on any atom is -0.325 e. The molecule has 0 unspecified atom stereocenters. The fourth-order valence-electron chi connectivity index (χ4n) is 2.82. The molecule has 0 radical (unpaired) electrons. The van der Waals surface area contributed by atoms with Crippen LogP contribution in [-0.2, 0) is 4.79 Å². The number of rotatable bonds is 7. The van der Waals surface area contributed by atoms with E-state index in [4.69, 9.17) is 0 Å². The molecule has 0 bridgehead atoms. The number of thioether (sulfide) groups is 1. The van der Waals surface area contributed by atoms with Gasteiger partial charge in [0.15, 0.2) is 5.16 Å². The Kier molecular flexibility index (Phi) is 6.52. The van der Waals surface area contributed by atoms with E-state index in [9.17, 15) is 4.79 Å². The third kappa shape index (κ3) is 5.01. The number of amides is 1. The number of carbonyl (C=O) groups excluding carboxylic acids is 1. The molecular weight excluding hydrogens is 368 g/mol. The first-order chi connectivity index (χ1) is 13.4. The highest BCUT2D eigenvalue weighted by atomic mass is 32.2. The average Bonchev–Trinajstić information content (AvgIpc) is 3.15. The van der Waals surface area contributed by atoms with E-state index >= 15 is 0 Å². The van der Waals surface area contributed by atoms with Gasteiger partial charge in [-0.1, -0.05) is 63.7 Å². The maximum Gasteiger partial charge on any atom is 0.234 e. The Morgan fingerprint density at radius 2 is 1.75 bits per heavy atom. The molecule has 0 aliphatic carbocycles. The summed E-state index contributed by atoms with van der Waals surface area (Å²) in [4.78, 5) is 12.4. The summed E-state index contributed by atoms with van der Waals surface area (Å²) in [6.45, 7) is 8.61. The van der Waals surface area contributed by atoms with Crippen molar-refractivity contribution in [2.45, 2.75) is 44.7 Å². The van der Waals surface area contributed by atoms with Crippen molar-refractivity contribution in [3.05, 3.63) is 66.0 Å². The number of carbonyl (C=O) groups is 1. The van der Waals surface area contributed by atoms with E-state index in [0.717, 1.165) is 11.4 Å². The van der Waals surface area contributed by atoms with Crippen LogP contribution in [0.2, 0.25) is 0 Å². The molecule has 3 rings (SSSR count). The molecule has 3 aromatic rings. The number of aromatic nitrogens is 3. The lowest BCUT2D eigenvalue weighted by atomic mass is 10.0. The van der Waals surface area contributed by atoms with Crippen molar-refractivity contribution in [3.8, 4) is 5.69 Å². The zero-order chi connectivity index (χ0) is 20.1. The summed E-state index contributed by atoms with van der Waals surface area (Å²) >= 11 is 1.37. The Bertz CT molecular complexity index is 932. The van der Waals surface area contributed by atoms with E-state index in [-0.39, 0.29) is 11.7 Å². The molecule has 6 heteroatoms. The summed E-state index contributed by atoms with van der Waals surface area (Å²) in [6.07, 6.45) is 1.68. The summed E-state index contributed by atoms with van der Waals surface area (Å²) in [5.74, 6) is 1.12. The molecule has 0 saturated carbocycles. The van der Waals surface area contributed by atoms with Crippen LogP contribution in [-0.4, -0.2) is 26.4 Å². The Morgan fingerprint density at radius 3 is 2.43 bits per heavy atom. The normalized spacial score (nSPS) is 11.2. The second-order valence-corrected chi connectivity index (χ2v) is 8.29. The van der Waals surface area contributed by atoms with Crippen molar-refractivity contribution in [3.63, 3.8) is 0 Å². The quantitative estimate of drug-likeness (QED) is 0.556. The summed E-state index contributed by atoms with van der Waals surface area (Å²) < 4.78 is 1.90. The van der Waals surface area contributed by atoms with Crippen LogP contribution in [0.4, 0.5) is 5.69 Å². The third-order valence-electron chi connectivity index (χ3n) is 4.52. The smallest absolute Gasteiger partial charge is 0.234 e. The minimum atomic E-state index is -0.0596. The number of nitrogens with one attached hydrogen (secondary N) is 1. The van der Waals surface area contributed by atoms with Crippen molar-refractivity contribution < 1.29 is 4.79 Å². The lowest BCUT2D eigenvalue weighted by Gasteiger charge is -2.10. The Labute approximate surface area is 170 Å². The molecule has 0 saturated heterocycles. The second kappa shape index (κ2) is 9.06. The van der Waals surface area contributed by atoms with Gasteiger partial charge in [0.2, 0.25) is 5.91 Å². The van der Waals surface area contributed by atoms with Gasteiger partial charge in [0.25, 0.3) is 0 Å². The van der Waals surface area contributed by atoms with Gasteiger partial charge in [-0.25, -0.2) is 0 Å². The SMILES string of the molecule is CC(C)c1ccc(-n2cnnc2SCC(=O)Nc2cccc(C(C)C)c2)cc1. The first-order valence-electron chi connectivity index (χ1n) is 9.47. The van der Waals surface area contributed by atoms with Gasteiger partial charge in [-0.2, -0.15) is 0 Å². The fraction of sp³-hybridized carbons (Fsp3) is 0.318. The molecule has 0 aliphatic rings. The summed E-state index contributed by atoms with van der Waals surface area (Å²) in [6, 6.07) is 16.3. The molecular formula is C22H26N4OS. The molecule has 1 aromatic heterocycles. The largest absolute Gasteiger partial charge is 0.325 e. The van der Waals surface area contributed by atoms with Gasteiger partial charge in [0, 0.05) is 11.4 Å². The molecule has 0 atom stereocenters. The zero-order valence-electron chi connectivity index (χ0n) is 16.7. The highest BCUT2D eigenvalue weighted by Crippen LogP contribution is 2.23. The maximum atomic E-state index is 12.4.